The van der Waals surface area contributed by atoms with Crippen LogP contribution < -0.4 is 30.1 Å². The molecule has 1 unspecified atom stereocenters. The lowest BCUT2D eigenvalue weighted by atomic mass is 10.0. The van der Waals surface area contributed by atoms with Gasteiger partial charge in [-0.2, -0.15) is 0 Å². The first kappa shape index (κ1) is 35.7. The molecule has 3 fully saturated rings. The van der Waals surface area contributed by atoms with Gasteiger partial charge in [-0.1, -0.05) is 36.9 Å². The van der Waals surface area contributed by atoms with Gasteiger partial charge >= 0.3 is 0 Å². The second-order valence-corrected chi connectivity index (χ2v) is 13.4. The smallest absolute Gasteiger partial charge is 0.247 e. The number of piperazine rings is 1. The van der Waals surface area contributed by atoms with Crippen molar-refractivity contribution in [2.75, 3.05) is 73.6 Å². The number of carbonyl (C=O) groups is 2. The fourth-order valence-electron chi connectivity index (χ4n) is 7.34. The molecule has 2 N–H and O–H groups in total. The Morgan fingerprint density at radius 1 is 0.887 bits per heavy atom. The Morgan fingerprint density at radius 3 is 2.40 bits per heavy atom. The maximum Gasteiger partial charge on any atom is 0.247 e. The van der Waals surface area contributed by atoms with Crippen LogP contribution in [0.3, 0.4) is 0 Å². The lowest BCUT2D eigenvalue weighted by molar-refractivity contribution is -0.131. The molecular formula is C40H46N8O5. The number of nitrogens with zero attached hydrogens (tertiary/aromatic N) is 6. The second-order valence-electron chi connectivity index (χ2n) is 13.4. The first-order chi connectivity index (χ1) is 25.9. The summed E-state index contributed by atoms with van der Waals surface area (Å²) in [5, 5.41) is 8.22. The fraction of sp³-hybridized carbons (Fsp3) is 0.350. The molecule has 3 saturated heterocycles. The Kier molecular flexibility index (Phi) is 11.0. The van der Waals surface area contributed by atoms with Crippen molar-refractivity contribution in [2.24, 2.45) is 0 Å². The number of amides is 2. The third-order valence-electron chi connectivity index (χ3n) is 10.1. The number of hydrogen-bond donors (Lipinski definition) is 2. The first-order valence-electron chi connectivity index (χ1n) is 18.1. The summed E-state index contributed by atoms with van der Waals surface area (Å²) in [6.07, 6.45) is 5.49. The van der Waals surface area contributed by atoms with Crippen LogP contribution in [0, 0.1) is 0 Å². The second kappa shape index (κ2) is 16.3. The van der Waals surface area contributed by atoms with E-state index in [9.17, 15) is 9.59 Å². The van der Waals surface area contributed by atoms with Crippen LogP contribution in [0.5, 0.6) is 17.2 Å². The molecule has 7 rings (SSSR count). The van der Waals surface area contributed by atoms with E-state index < -0.39 is 0 Å². The number of rotatable bonds is 11. The molecule has 0 bridgehead atoms. The Hall–Kier alpha value is -5.66. The molecule has 1 aromatic heterocycles. The molecule has 3 aliphatic rings. The van der Waals surface area contributed by atoms with E-state index in [2.05, 4.69) is 43.0 Å². The van der Waals surface area contributed by atoms with E-state index in [1.807, 2.05) is 76.7 Å². The van der Waals surface area contributed by atoms with Gasteiger partial charge in [-0.15, -0.1) is 0 Å². The van der Waals surface area contributed by atoms with Crippen LogP contribution in [-0.2, 0) is 14.4 Å². The number of piperidine rings is 1. The molecule has 4 aromatic rings. The number of ether oxygens (including phenoxy) is 2. The number of carbonyl (C=O) groups excluding carboxylic acids is 2. The quantitative estimate of drug-likeness (QED) is 0.173. The minimum Gasteiger partial charge on any atom is -0.494 e. The van der Waals surface area contributed by atoms with Gasteiger partial charge < -0.3 is 29.9 Å². The molecule has 13 nitrogen and oxygen atoms in total. The van der Waals surface area contributed by atoms with Crippen LogP contribution in [-0.4, -0.2) is 90.6 Å². The van der Waals surface area contributed by atoms with Gasteiger partial charge in [0.25, 0.3) is 0 Å². The summed E-state index contributed by atoms with van der Waals surface area (Å²) in [5.74, 6) is 3.08. The molecule has 0 saturated carbocycles. The maximum absolute atomic E-state index is 12.6. The number of anilines is 5. The third-order valence-corrected chi connectivity index (χ3v) is 10.1. The zero-order valence-corrected chi connectivity index (χ0v) is 30.2. The summed E-state index contributed by atoms with van der Waals surface area (Å²) in [4.78, 5) is 46.3. The van der Waals surface area contributed by atoms with Gasteiger partial charge in [-0.25, -0.2) is 15.0 Å². The van der Waals surface area contributed by atoms with E-state index in [4.69, 9.17) is 14.3 Å². The van der Waals surface area contributed by atoms with Gasteiger partial charge in [0, 0.05) is 70.8 Å². The van der Waals surface area contributed by atoms with E-state index >= 15 is 0 Å². The molecule has 0 radical (unpaired) electrons. The van der Waals surface area contributed by atoms with Gasteiger partial charge in [0.1, 0.15) is 29.4 Å². The van der Waals surface area contributed by atoms with Gasteiger partial charge in [0.2, 0.25) is 11.8 Å². The largest absolute Gasteiger partial charge is 0.494 e. The van der Waals surface area contributed by atoms with Gasteiger partial charge in [0.05, 0.1) is 36.8 Å². The maximum atomic E-state index is 12.6. The normalized spacial score (nSPS) is 18.1. The van der Waals surface area contributed by atoms with E-state index in [1.54, 1.807) is 14.0 Å². The topological polar surface area (TPSA) is 125 Å². The van der Waals surface area contributed by atoms with Crippen molar-refractivity contribution in [1.82, 2.24) is 19.8 Å². The van der Waals surface area contributed by atoms with Crippen LogP contribution in [0.1, 0.15) is 37.8 Å². The molecule has 3 aromatic carbocycles. The predicted octanol–water partition coefficient (Wildman–Crippen LogP) is 6.16. The van der Waals surface area contributed by atoms with Crippen molar-refractivity contribution >= 4 is 40.5 Å². The summed E-state index contributed by atoms with van der Waals surface area (Å²) in [6.45, 7) is 10.8. The SMILES string of the molecule is C=CC(=O)Nc1cc(Nc2cc(N3OCCC3c3cccc(Oc4ccccc4)c3)ncn2)c(OC)cc1N1CCC(N2CCN(C(C)=O)CC2)CC1. The van der Waals surface area contributed by atoms with Crippen molar-refractivity contribution in [3.05, 3.63) is 97.3 Å². The van der Waals surface area contributed by atoms with E-state index in [0.717, 1.165) is 81.3 Å². The molecule has 276 valence electrons. The first-order valence-corrected chi connectivity index (χ1v) is 18.1. The summed E-state index contributed by atoms with van der Waals surface area (Å²) >= 11 is 0. The predicted molar refractivity (Wildman–Crippen MR) is 205 cm³/mol. The average molecular weight is 719 g/mol. The highest BCUT2D eigenvalue weighted by Crippen LogP contribution is 2.41. The number of hydrogen-bond acceptors (Lipinski definition) is 11. The number of methoxy groups -OCH3 is 1. The van der Waals surface area contributed by atoms with Crippen LogP contribution in [0.15, 0.2) is 91.8 Å². The van der Waals surface area contributed by atoms with Crippen molar-refractivity contribution in [2.45, 2.75) is 38.3 Å². The highest BCUT2D eigenvalue weighted by molar-refractivity contribution is 6.02. The van der Waals surface area contributed by atoms with E-state index in [-0.39, 0.29) is 17.9 Å². The summed E-state index contributed by atoms with van der Waals surface area (Å²) in [7, 11) is 1.63. The lowest BCUT2D eigenvalue weighted by Crippen LogP contribution is -2.54. The Balaban J connectivity index is 1.07. The molecule has 3 aliphatic heterocycles. The van der Waals surface area contributed by atoms with Crippen molar-refractivity contribution in [3.8, 4) is 17.2 Å². The summed E-state index contributed by atoms with van der Waals surface area (Å²) in [6, 6.07) is 23.8. The number of nitrogens with one attached hydrogen (secondary N) is 2. The summed E-state index contributed by atoms with van der Waals surface area (Å²) in [5.41, 5.74) is 3.19. The fourth-order valence-corrected chi connectivity index (χ4v) is 7.34. The minimum atomic E-state index is -0.305. The highest BCUT2D eigenvalue weighted by atomic mass is 16.7. The number of para-hydroxylation sites is 1. The molecule has 1 atom stereocenters. The van der Waals surface area contributed by atoms with Crippen LogP contribution >= 0.6 is 0 Å². The lowest BCUT2D eigenvalue weighted by Gasteiger charge is -2.43. The Labute approximate surface area is 310 Å². The zero-order chi connectivity index (χ0) is 36.7. The molecule has 53 heavy (non-hydrogen) atoms. The molecule has 0 aliphatic carbocycles. The highest BCUT2D eigenvalue weighted by Gasteiger charge is 2.31. The third kappa shape index (κ3) is 8.37. The van der Waals surface area contributed by atoms with Crippen LogP contribution in [0.25, 0.3) is 0 Å². The van der Waals surface area contributed by atoms with E-state index in [1.165, 1.54) is 12.4 Å². The Morgan fingerprint density at radius 2 is 1.66 bits per heavy atom. The number of benzene rings is 3. The van der Waals surface area contributed by atoms with Gasteiger partial charge in [0.15, 0.2) is 5.82 Å². The standard InChI is InChI=1S/C40H46N8O5/c1-4-40(50)44-33-24-34(37(51-3)25-36(33)47-16-13-30(14-17-47)46-20-18-45(19-21-46)28(2)49)43-38-26-39(42-27-41-38)48-35(15-22-52-48)29-9-8-12-32(23-29)53-31-10-6-5-7-11-31/h4-12,23-27,30,35H,1,13-22H2,2-3H3,(H,44,50)(H,41,42,43). The van der Waals surface area contributed by atoms with Crippen molar-refractivity contribution < 1.29 is 23.9 Å². The Bertz CT molecular complexity index is 1910. The molecule has 0 spiro atoms. The number of aromatic nitrogens is 2. The summed E-state index contributed by atoms with van der Waals surface area (Å²) < 4.78 is 12.0. The molecule has 2 amide bonds. The molecule has 4 heterocycles. The average Bonchev–Trinajstić information content (AvgIpc) is 3.69. The zero-order valence-electron chi connectivity index (χ0n) is 30.2. The van der Waals surface area contributed by atoms with Crippen molar-refractivity contribution in [1.29, 1.82) is 0 Å². The van der Waals surface area contributed by atoms with Gasteiger partial charge in [-0.05, 0) is 54.8 Å². The van der Waals surface area contributed by atoms with Crippen LogP contribution in [0.2, 0.25) is 0 Å². The monoisotopic (exact) mass is 718 g/mol. The van der Waals surface area contributed by atoms with Gasteiger partial charge in [-0.3, -0.25) is 19.3 Å². The molecular weight excluding hydrogens is 672 g/mol. The van der Waals surface area contributed by atoms with E-state index in [0.29, 0.717) is 41.4 Å². The van der Waals surface area contributed by atoms with Crippen molar-refractivity contribution in [3.63, 3.8) is 0 Å². The molecule has 13 heteroatoms. The minimum absolute atomic E-state index is 0.0825. The number of hydroxylamine groups is 1. The van der Waals surface area contributed by atoms with Crippen LogP contribution in [0.4, 0.5) is 28.7 Å².